The number of carbonyl (C=O) groups excluding carboxylic acids is 1. The molecule has 0 saturated carbocycles. The topological polar surface area (TPSA) is 20.3 Å². The number of hydrogen-bond acceptors (Lipinski definition) is 2. The number of hydrogen-bond donors (Lipinski definition) is 0. The van der Waals surface area contributed by atoms with E-state index in [0.29, 0.717) is 5.78 Å². The molecule has 1 unspecified atom stereocenters. The Morgan fingerprint density at radius 1 is 1.39 bits per heavy atom. The second-order valence-electron chi connectivity index (χ2n) is 5.06. The van der Waals surface area contributed by atoms with Crippen LogP contribution in [0.25, 0.3) is 0 Å². The third-order valence-electron chi connectivity index (χ3n) is 3.54. The van der Waals surface area contributed by atoms with Crippen molar-refractivity contribution in [2.75, 3.05) is 13.1 Å². The zero-order valence-electron chi connectivity index (χ0n) is 10.9. The minimum Gasteiger partial charge on any atom is -0.299 e. The zero-order valence-corrected chi connectivity index (χ0v) is 11.6. The highest BCUT2D eigenvalue weighted by Gasteiger charge is 2.27. The number of nitrogens with zero attached hydrogens (tertiary/aromatic N) is 1. The van der Waals surface area contributed by atoms with Crippen LogP contribution in [0, 0.1) is 5.92 Å². The fourth-order valence-corrected chi connectivity index (χ4v) is 2.66. The van der Waals surface area contributed by atoms with Gasteiger partial charge in [-0.15, -0.1) is 0 Å². The molecule has 1 aliphatic rings. The number of benzene rings is 1. The molecule has 0 bridgehead atoms. The third-order valence-corrected chi connectivity index (χ3v) is 3.80. The average Bonchev–Trinajstić information content (AvgIpc) is 2.81. The Hall–Kier alpha value is -0.860. The first-order valence-electron chi connectivity index (χ1n) is 6.68. The quantitative estimate of drug-likeness (QED) is 0.812. The number of halogens is 1. The van der Waals surface area contributed by atoms with E-state index in [2.05, 4.69) is 24.0 Å². The summed E-state index contributed by atoms with van der Waals surface area (Å²) in [5.74, 6) is 0.702. The highest BCUT2D eigenvalue weighted by atomic mass is 35.5. The standard InChI is InChI=1S/C15H20ClNO/c1-2-3-15(18)13-8-9-17(11-13)10-12-4-6-14(16)7-5-12/h4-7,13H,2-3,8-11H2,1H3. The van der Waals surface area contributed by atoms with Gasteiger partial charge < -0.3 is 0 Å². The van der Waals surface area contributed by atoms with Crippen molar-refractivity contribution in [2.24, 2.45) is 5.92 Å². The van der Waals surface area contributed by atoms with Crippen molar-refractivity contribution in [1.29, 1.82) is 0 Å². The Morgan fingerprint density at radius 2 is 2.11 bits per heavy atom. The molecule has 0 N–H and O–H groups in total. The second kappa shape index (κ2) is 6.35. The van der Waals surface area contributed by atoms with Gasteiger partial charge in [0.25, 0.3) is 0 Å². The fourth-order valence-electron chi connectivity index (χ4n) is 2.54. The van der Waals surface area contributed by atoms with E-state index >= 15 is 0 Å². The van der Waals surface area contributed by atoms with Crippen molar-refractivity contribution >= 4 is 17.4 Å². The maximum Gasteiger partial charge on any atom is 0.137 e. The van der Waals surface area contributed by atoms with Crippen LogP contribution >= 0.6 is 11.6 Å². The Balaban J connectivity index is 1.86. The van der Waals surface area contributed by atoms with E-state index in [1.54, 1.807) is 0 Å². The molecule has 1 atom stereocenters. The van der Waals surface area contributed by atoms with Gasteiger partial charge in [-0.1, -0.05) is 30.7 Å². The lowest BCUT2D eigenvalue weighted by molar-refractivity contribution is -0.122. The van der Waals surface area contributed by atoms with Crippen LogP contribution in [0.15, 0.2) is 24.3 Å². The maximum absolute atomic E-state index is 11.8. The van der Waals surface area contributed by atoms with Crippen molar-refractivity contribution < 1.29 is 4.79 Å². The van der Waals surface area contributed by atoms with Crippen LogP contribution in [0.2, 0.25) is 5.02 Å². The number of ketones is 1. The molecule has 1 aromatic rings. The highest BCUT2D eigenvalue weighted by molar-refractivity contribution is 6.30. The summed E-state index contributed by atoms with van der Waals surface area (Å²) in [7, 11) is 0. The zero-order chi connectivity index (χ0) is 13.0. The maximum atomic E-state index is 11.8. The molecule has 0 aromatic heterocycles. The molecule has 2 rings (SSSR count). The van der Waals surface area contributed by atoms with Gasteiger partial charge in [-0.2, -0.15) is 0 Å². The van der Waals surface area contributed by atoms with Gasteiger partial charge in [-0.25, -0.2) is 0 Å². The third kappa shape index (κ3) is 3.56. The molecular weight excluding hydrogens is 246 g/mol. The molecule has 0 aliphatic carbocycles. The lowest BCUT2D eigenvalue weighted by atomic mass is 10.00. The van der Waals surface area contributed by atoms with Gasteiger partial charge in [-0.05, 0) is 37.1 Å². The summed E-state index contributed by atoms with van der Waals surface area (Å²) < 4.78 is 0. The predicted octanol–water partition coefficient (Wildman–Crippen LogP) is 3.53. The second-order valence-corrected chi connectivity index (χ2v) is 5.50. The lowest BCUT2D eigenvalue weighted by Crippen LogP contribution is -2.22. The summed E-state index contributed by atoms with van der Waals surface area (Å²) in [6, 6.07) is 7.96. The van der Waals surface area contributed by atoms with Gasteiger partial charge >= 0.3 is 0 Å². The predicted molar refractivity (Wildman–Crippen MR) is 74.8 cm³/mol. The van der Waals surface area contributed by atoms with E-state index in [9.17, 15) is 4.79 Å². The van der Waals surface area contributed by atoms with Gasteiger partial charge in [-0.3, -0.25) is 9.69 Å². The summed E-state index contributed by atoms with van der Waals surface area (Å²) >= 11 is 5.87. The Morgan fingerprint density at radius 3 is 2.78 bits per heavy atom. The van der Waals surface area contributed by atoms with Crippen molar-refractivity contribution in [3.8, 4) is 0 Å². The Bertz CT molecular complexity index is 401. The van der Waals surface area contributed by atoms with E-state index < -0.39 is 0 Å². The van der Waals surface area contributed by atoms with Crippen LogP contribution in [0.5, 0.6) is 0 Å². The van der Waals surface area contributed by atoms with Gasteiger partial charge in [0.1, 0.15) is 5.78 Å². The van der Waals surface area contributed by atoms with Gasteiger partial charge in [0.15, 0.2) is 0 Å². The van der Waals surface area contributed by atoms with Crippen LogP contribution in [-0.4, -0.2) is 23.8 Å². The van der Waals surface area contributed by atoms with Crippen molar-refractivity contribution in [3.05, 3.63) is 34.9 Å². The smallest absolute Gasteiger partial charge is 0.137 e. The fraction of sp³-hybridized carbons (Fsp3) is 0.533. The Kier molecular flexibility index (Phi) is 4.79. The molecule has 1 heterocycles. The number of likely N-dealkylation sites (tertiary alicyclic amines) is 1. The van der Waals surface area contributed by atoms with E-state index in [0.717, 1.165) is 43.9 Å². The minimum atomic E-state index is 0.261. The van der Waals surface area contributed by atoms with Gasteiger partial charge in [0.2, 0.25) is 0 Å². The van der Waals surface area contributed by atoms with Crippen molar-refractivity contribution in [1.82, 2.24) is 4.90 Å². The van der Waals surface area contributed by atoms with Crippen LogP contribution in [0.1, 0.15) is 31.7 Å². The van der Waals surface area contributed by atoms with E-state index in [1.165, 1.54) is 5.56 Å². The molecule has 0 spiro atoms. The molecule has 2 nitrogen and oxygen atoms in total. The number of Topliss-reactive ketones (excluding diaryl/α,β-unsaturated/α-hetero) is 1. The first kappa shape index (κ1) is 13.6. The SMILES string of the molecule is CCCC(=O)C1CCN(Cc2ccc(Cl)cc2)C1. The largest absolute Gasteiger partial charge is 0.299 e. The normalized spacial score (nSPS) is 20.2. The lowest BCUT2D eigenvalue weighted by Gasteiger charge is -2.15. The Labute approximate surface area is 114 Å². The molecule has 0 radical (unpaired) electrons. The molecule has 18 heavy (non-hydrogen) atoms. The van der Waals surface area contributed by atoms with E-state index in [-0.39, 0.29) is 5.92 Å². The molecule has 1 aromatic carbocycles. The van der Waals surface area contributed by atoms with E-state index in [1.807, 2.05) is 12.1 Å². The van der Waals surface area contributed by atoms with Crippen LogP contribution in [0.4, 0.5) is 0 Å². The van der Waals surface area contributed by atoms with Crippen molar-refractivity contribution in [3.63, 3.8) is 0 Å². The summed E-state index contributed by atoms with van der Waals surface area (Å²) in [6.07, 6.45) is 2.72. The minimum absolute atomic E-state index is 0.261. The molecule has 1 aliphatic heterocycles. The first-order chi connectivity index (χ1) is 8.69. The molecular formula is C15H20ClNO. The van der Waals surface area contributed by atoms with Gasteiger partial charge in [0.05, 0.1) is 0 Å². The molecule has 0 amide bonds. The molecule has 1 fully saturated rings. The average molecular weight is 266 g/mol. The van der Waals surface area contributed by atoms with Crippen LogP contribution in [-0.2, 0) is 11.3 Å². The summed E-state index contributed by atoms with van der Waals surface area (Å²) in [4.78, 5) is 14.2. The molecule has 98 valence electrons. The number of carbonyl (C=O) groups is 1. The van der Waals surface area contributed by atoms with Crippen LogP contribution < -0.4 is 0 Å². The summed E-state index contributed by atoms with van der Waals surface area (Å²) in [6.45, 7) is 4.94. The monoisotopic (exact) mass is 265 g/mol. The molecule has 1 saturated heterocycles. The first-order valence-corrected chi connectivity index (χ1v) is 7.06. The highest BCUT2D eigenvalue weighted by Crippen LogP contribution is 2.21. The molecule has 3 heteroatoms. The number of rotatable bonds is 5. The van der Waals surface area contributed by atoms with Gasteiger partial charge in [0, 0.05) is 30.5 Å². The van der Waals surface area contributed by atoms with E-state index in [4.69, 9.17) is 11.6 Å². The van der Waals surface area contributed by atoms with Crippen LogP contribution in [0.3, 0.4) is 0 Å². The summed E-state index contributed by atoms with van der Waals surface area (Å²) in [5, 5.41) is 0.774. The van der Waals surface area contributed by atoms with Crippen molar-refractivity contribution in [2.45, 2.75) is 32.7 Å². The summed E-state index contributed by atoms with van der Waals surface area (Å²) in [5.41, 5.74) is 1.27.